The van der Waals surface area contributed by atoms with Crippen LogP contribution in [0.25, 0.3) is 0 Å². The summed E-state index contributed by atoms with van der Waals surface area (Å²) in [4.78, 5) is 38.0. The van der Waals surface area contributed by atoms with E-state index in [0.717, 1.165) is 0 Å². The Morgan fingerprint density at radius 2 is 1.81 bits per heavy atom. The quantitative estimate of drug-likeness (QED) is 0.590. The highest BCUT2D eigenvalue weighted by Crippen LogP contribution is 2.17. The van der Waals surface area contributed by atoms with Gasteiger partial charge in [-0.2, -0.15) is 5.10 Å². The van der Waals surface area contributed by atoms with Gasteiger partial charge in [-0.25, -0.2) is 4.79 Å². The molecule has 1 aliphatic rings. The number of ether oxygens (including phenoxy) is 1. The molecule has 1 aromatic heterocycles. The zero-order valence-corrected chi connectivity index (χ0v) is 15.6. The molecule has 0 spiro atoms. The second-order valence-electron chi connectivity index (χ2n) is 7.19. The fourth-order valence-corrected chi connectivity index (χ4v) is 2.67. The van der Waals surface area contributed by atoms with E-state index < -0.39 is 10.5 Å². The van der Waals surface area contributed by atoms with Gasteiger partial charge in [-0.1, -0.05) is 0 Å². The molecular formula is C16H25N5O5. The van der Waals surface area contributed by atoms with E-state index in [9.17, 15) is 19.7 Å². The smallest absolute Gasteiger partial charge is 0.410 e. The lowest BCUT2D eigenvalue weighted by molar-refractivity contribution is -0.385. The average molecular weight is 367 g/mol. The van der Waals surface area contributed by atoms with Gasteiger partial charge in [-0.3, -0.25) is 19.6 Å². The molecule has 0 bridgehead atoms. The Morgan fingerprint density at radius 3 is 2.31 bits per heavy atom. The molecular weight excluding hydrogens is 342 g/mol. The van der Waals surface area contributed by atoms with Crippen LogP contribution in [0.4, 0.5) is 10.5 Å². The predicted molar refractivity (Wildman–Crippen MR) is 92.6 cm³/mol. The van der Waals surface area contributed by atoms with Gasteiger partial charge < -0.3 is 14.5 Å². The third-order valence-electron chi connectivity index (χ3n) is 4.10. The van der Waals surface area contributed by atoms with Crippen LogP contribution in [0.3, 0.4) is 0 Å². The number of nitrogens with zero attached hydrogens (tertiary/aromatic N) is 5. The van der Waals surface area contributed by atoms with E-state index in [1.807, 2.05) is 20.8 Å². The summed E-state index contributed by atoms with van der Waals surface area (Å²) in [5, 5.41) is 14.8. The first kappa shape index (κ1) is 19.7. The van der Waals surface area contributed by atoms with Crippen LogP contribution in [0.1, 0.15) is 32.9 Å². The van der Waals surface area contributed by atoms with Crippen LogP contribution in [0.2, 0.25) is 0 Å². The number of rotatable bonds is 4. The predicted octanol–water partition coefficient (Wildman–Crippen LogP) is 1.57. The number of nitro groups is 1. The van der Waals surface area contributed by atoms with Crippen LogP contribution in [0, 0.1) is 17.0 Å². The van der Waals surface area contributed by atoms with E-state index in [-0.39, 0.29) is 30.7 Å². The maximum atomic E-state index is 12.3. The fraction of sp³-hybridized carbons (Fsp3) is 0.688. The molecule has 0 aromatic carbocycles. The van der Waals surface area contributed by atoms with Crippen LogP contribution < -0.4 is 0 Å². The lowest BCUT2D eigenvalue weighted by atomic mass is 10.2. The van der Waals surface area contributed by atoms with Gasteiger partial charge in [0.15, 0.2) is 0 Å². The highest BCUT2D eigenvalue weighted by atomic mass is 16.6. The number of aryl methyl sites for hydroxylation is 1. The summed E-state index contributed by atoms with van der Waals surface area (Å²) >= 11 is 0. The van der Waals surface area contributed by atoms with Crippen LogP contribution in [-0.4, -0.2) is 68.3 Å². The topological polar surface area (TPSA) is 111 Å². The zero-order chi connectivity index (χ0) is 19.5. The van der Waals surface area contributed by atoms with E-state index in [1.54, 1.807) is 16.7 Å². The highest BCUT2D eigenvalue weighted by molar-refractivity contribution is 5.76. The van der Waals surface area contributed by atoms with Gasteiger partial charge in [0.25, 0.3) is 0 Å². The molecule has 144 valence electrons. The number of carbonyl (C=O) groups is 2. The Hall–Kier alpha value is -2.65. The van der Waals surface area contributed by atoms with Crippen LogP contribution in [0.5, 0.6) is 0 Å². The summed E-state index contributed by atoms with van der Waals surface area (Å²) < 4.78 is 6.80. The van der Waals surface area contributed by atoms with Crippen molar-refractivity contribution in [1.29, 1.82) is 0 Å². The maximum absolute atomic E-state index is 12.3. The van der Waals surface area contributed by atoms with E-state index in [2.05, 4.69) is 5.10 Å². The molecule has 1 saturated heterocycles. The number of carbonyl (C=O) groups excluding carboxylic acids is 2. The number of hydrogen-bond donors (Lipinski definition) is 0. The van der Waals surface area contributed by atoms with Crippen LogP contribution in [-0.2, 0) is 16.1 Å². The van der Waals surface area contributed by atoms with Crippen LogP contribution >= 0.6 is 0 Å². The van der Waals surface area contributed by atoms with Gasteiger partial charge in [-0.15, -0.1) is 0 Å². The van der Waals surface area contributed by atoms with Crippen molar-refractivity contribution in [2.24, 2.45) is 0 Å². The summed E-state index contributed by atoms with van der Waals surface area (Å²) in [6, 6.07) is 0. The van der Waals surface area contributed by atoms with Crippen molar-refractivity contribution in [1.82, 2.24) is 19.6 Å². The Kier molecular flexibility index (Phi) is 5.83. The lowest BCUT2D eigenvalue weighted by Gasteiger charge is -2.35. The minimum absolute atomic E-state index is 0.0524. The SMILES string of the molecule is Cc1c([N+](=O)[O-])cnn1CCC(=O)N1CCN(C(=O)OC(C)(C)C)CC1. The second-order valence-corrected chi connectivity index (χ2v) is 7.19. The number of amides is 2. The summed E-state index contributed by atoms with van der Waals surface area (Å²) in [5.41, 5.74) is -0.171. The van der Waals surface area contributed by atoms with Crippen molar-refractivity contribution in [3.63, 3.8) is 0 Å². The van der Waals surface area contributed by atoms with E-state index >= 15 is 0 Å². The molecule has 2 heterocycles. The number of piperazine rings is 1. The normalized spacial score (nSPS) is 15.1. The molecule has 10 heteroatoms. The lowest BCUT2D eigenvalue weighted by Crippen LogP contribution is -2.51. The summed E-state index contributed by atoms with van der Waals surface area (Å²) in [6.07, 6.45) is 1.02. The monoisotopic (exact) mass is 367 g/mol. The minimum Gasteiger partial charge on any atom is -0.444 e. The molecule has 1 fully saturated rings. The Bertz CT molecular complexity index is 686. The molecule has 2 rings (SSSR count). The molecule has 0 N–H and O–H groups in total. The Morgan fingerprint density at radius 1 is 1.23 bits per heavy atom. The number of hydrogen-bond acceptors (Lipinski definition) is 6. The molecule has 1 aliphatic heterocycles. The van der Waals surface area contributed by atoms with Gasteiger partial charge in [0, 0.05) is 32.6 Å². The van der Waals surface area contributed by atoms with Gasteiger partial charge in [0.2, 0.25) is 5.91 Å². The first-order chi connectivity index (χ1) is 12.1. The second kappa shape index (κ2) is 7.71. The standard InChI is InChI=1S/C16H25N5O5/c1-12-13(21(24)25)11-17-20(12)6-5-14(22)18-7-9-19(10-8-18)15(23)26-16(2,3)4/h11H,5-10H2,1-4H3. The Balaban J connectivity index is 1.82. The van der Waals surface area contributed by atoms with Gasteiger partial charge in [-0.05, 0) is 27.7 Å². The molecule has 0 atom stereocenters. The van der Waals surface area contributed by atoms with Crippen LogP contribution in [0.15, 0.2) is 6.20 Å². The molecule has 10 nitrogen and oxygen atoms in total. The molecule has 2 amide bonds. The molecule has 0 aliphatic carbocycles. The summed E-state index contributed by atoms with van der Waals surface area (Å²) in [7, 11) is 0. The largest absolute Gasteiger partial charge is 0.444 e. The fourth-order valence-electron chi connectivity index (χ4n) is 2.67. The van der Waals surface area contributed by atoms with Gasteiger partial charge in [0.05, 0.1) is 11.5 Å². The van der Waals surface area contributed by atoms with Crippen molar-refractivity contribution >= 4 is 17.7 Å². The average Bonchev–Trinajstić information content (AvgIpc) is 2.92. The van der Waals surface area contributed by atoms with E-state index in [1.165, 1.54) is 10.9 Å². The molecule has 0 radical (unpaired) electrons. The summed E-state index contributed by atoms with van der Waals surface area (Å²) in [6.45, 7) is 9.05. The first-order valence-electron chi connectivity index (χ1n) is 8.51. The molecule has 26 heavy (non-hydrogen) atoms. The molecule has 0 unspecified atom stereocenters. The highest BCUT2D eigenvalue weighted by Gasteiger charge is 2.27. The third-order valence-corrected chi connectivity index (χ3v) is 4.10. The minimum atomic E-state index is -0.547. The van der Waals surface area contributed by atoms with Crippen molar-refractivity contribution < 1.29 is 19.2 Å². The zero-order valence-electron chi connectivity index (χ0n) is 15.6. The van der Waals surface area contributed by atoms with Gasteiger partial charge in [0.1, 0.15) is 17.5 Å². The maximum Gasteiger partial charge on any atom is 0.410 e. The third kappa shape index (κ3) is 4.93. The molecule has 1 aromatic rings. The first-order valence-corrected chi connectivity index (χ1v) is 8.51. The Labute approximate surface area is 151 Å². The van der Waals surface area contributed by atoms with E-state index in [4.69, 9.17) is 4.74 Å². The van der Waals surface area contributed by atoms with Crippen molar-refractivity contribution in [3.05, 3.63) is 22.0 Å². The number of aromatic nitrogens is 2. The van der Waals surface area contributed by atoms with Gasteiger partial charge >= 0.3 is 11.8 Å². The van der Waals surface area contributed by atoms with Crippen molar-refractivity contribution in [3.8, 4) is 0 Å². The molecule has 0 saturated carbocycles. The van der Waals surface area contributed by atoms with Crippen molar-refractivity contribution in [2.45, 2.75) is 46.3 Å². The van der Waals surface area contributed by atoms with E-state index in [0.29, 0.717) is 31.9 Å². The van der Waals surface area contributed by atoms with Crippen molar-refractivity contribution in [2.75, 3.05) is 26.2 Å². The summed E-state index contributed by atoms with van der Waals surface area (Å²) in [5.74, 6) is -0.0635.